The van der Waals surface area contributed by atoms with Crippen molar-refractivity contribution < 1.29 is 14.3 Å². The van der Waals surface area contributed by atoms with Crippen LogP contribution in [0.5, 0.6) is 0 Å². The Hall–Kier alpha value is -2.37. The van der Waals surface area contributed by atoms with Crippen molar-refractivity contribution in [2.75, 3.05) is 0 Å². The first kappa shape index (κ1) is 24.3. The summed E-state index contributed by atoms with van der Waals surface area (Å²) in [6.07, 6.45) is 6.23. The molecule has 0 spiro atoms. The standard InChI is InChI=1S/C29H29BrClNO3/c1-17-26(29(34)35-23-8-3-2-4-9-23)27(19-6-5-7-21(30)14-19)28-24(32-17)15-20(16-25(28)33)18-10-12-22(31)13-11-18/h5-7,10-14,20,23,27,32H,2-4,8-9,15-16H2,1H3/t20-,27+/m0/s1. The molecule has 1 heterocycles. The Morgan fingerprint density at radius 3 is 2.49 bits per heavy atom. The van der Waals surface area contributed by atoms with Gasteiger partial charge < -0.3 is 10.1 Å². The molecule has 5 rings (SSSR count). The van der Waals surface area contributed by atoms with Gasteiger partial charge in [0.1, 0.15) is 6.10 Å². The van der Waals surface area contributed by atoms with Gasteiger partial charge >= 0.3 is 5.97 Å². The Morgan fingerprint density at radius 2 is 1.77 bits per heavy atom. The van der Waals surface area contributed by atoms with E-state index in [1.165, 1.54) is 6.42 Å². The number of ether oxygens (including phenoxy) is 1. The highest BCUT2D eigenvalue weighted by atomic mass is 79.9. The van der Waals surface area contributed by atoms with Gasteiger partial charge in [0.25, 0.3) is 0 Å². The van der Waals surface area contributed by atoms with Crippen LogP contribution < -0.4 is 5.32 Å². The monoisotopic (exact) mass is 553 g/mol. The van der Waals surface area contributed by atoms with E-state index in [0.29, 0.717) is 29.0 Å². The first-order valence-corrected chi connectivity index (χ1v) is 13.5. The molecule has 1 saturated carbocycles. The molecular weight excluding hydrogens is 526 g/mol. The number of carbonyl (C=O) groups excluding carboxylic acids is 2. The number of ketones is 1. The van der Waals surface area contributed by atoms with Crippen LogP contribution >= 0.6 is 27.5 Å². The van der Waals surface area contributed by atoms with Crippen molar-refractivity contribution >= 4 is 39.3 Å². The Bertz CT molecular complexity index is 1210. The molecule has 0 saturated heterocycles. The fourth-order valence-electron chi connectivity index (χ4n) is 5.70. The van der Waals surface area contributed by atoms with Gasteiger partial charge in [0, 0.05) is 38.8 Å². The molecule has 2 aromatic rings. The predicted molar refractivity (Wildman–Crippen MR) is 141 cm³/mol. The molecule has 0 bridgehead atoms. The highest BCUT2D eigenvalue weighted by Gasteiger charge is 2.42. The second kappa shape index (κ2) is 10.3. The van der Waals surface area contributed by atoms with Crippen molar-refractivity contribution in [2.24, 2.45) is 0 Å². The van der Waals surface area contributed by atoms with Crippen molar-refractivity contribution in [1.82, 2.24) is 5.32 Å². The molecule has 0 radical (unpaired) electrons. The Morgan fingerprint density at radius 1 is 1.03 bits per heavy atom. The molecule has 0 aromatic heterocycles. The molecule has 3 aliphatic rings. The SMILES string of the molecule is CC1=C(C(=O)OC2CCCCC2)[C@@H](c2cccc(Br)c2)C2=C(C[C@H](c3ccc(Cl)cc3)CC2=O)N1. The maximum Gasteiger partial charge on any atom is 0.337 e. The first-order chi connectivity index (χ1) is 16.9. The molecule has 0 unspecified atom stereocenters. The van der Waals surface area contributed by atoms with Crippen LogP contribution in [0.15, 0.2) is 75.5 Å². The van der Waals surface area contributed by atoms with Crippen LogP contribution in [0.2, 0.25) is 5.02 Å². The van der Waals surface area contributed by atoms with Gasteiger partial charge in [-0.1, -0.05) is 58.2 Å². The molecule has 4 nitrogen and oxygen atoms in total. The summed E-state index contributed by atoms with van der Waals surface area (Å²) in [5.41, 5.74) is 4.91. The molecule has 182 valence electrons. The van der Waals surface area contributed by atoms with Crippen molar-refractivity contribution in [2.45, 2.75) is 69.8 Å². The van der Waals surface area contributed by atoms with Gasteiger partial charge in [-0.15, -0.1) is 0 Å². The van der Waals surface area contributed by atoms with Crippen LogP contribution in [-0.2, 0) is 14.3 Å². The van der Waals surface area contributed by atoms with Crippen molar-refractivity contribution in [3.8, 4) is 0 Å². The molecule has 2 aliphatic carbocycles. The number of dihydropyridines is 1. The summed E-state index contributed by atoms with van der Waals surface area (Å²) >= 11 is 9.65. The van der Waals surface area contributed by atoms with E-state index in [0.717, 1.165) is 52.7 Å². The van der Waals surface area contributed by atoms with Crippen LogP contribution in [0.25, 0.3) is 0 Å². The summed E-state index contributed by atoms with van der Waals surface area (Å²) < 4.78 is 6.92. The number of allylic oxidation sites excluding steroid dienone is 3. The predicted octanol–water partition coefficient (Wildman–Crippen LogP) is 7.34. The zero-order valence-electron chi connectivity index (χ0n) is 19.8. The Kier molecular flexibility index (Phi) is 7.17. The Labute approximate surface area is 219 Å². The van der Waals surface area contributed by atoms with Gasteiger partial charge in [0.15, 0.2) is 5.78 Å². The fraction of sp³-hybridized carbons (Fsp3) is 0.379. The topological polar surface area (TPSA) is 55.4 Å². The molecule has 0 amide bonds. The molecule has 2 aromatic carbocycles. The number of nitrogens with one attached hydrogen (secondary N) is 1. The zero-order chi connectivity index (χ0) is 24.5. The molecule has 35 heavy (non-hydrogen) atoms. The lowest BCUT2D eigenvalue weighted by molar-refractivity contribution is -0.146. The molecule has 1 N–H and O–H groups in total. The summed E-state index contributed by atoms with van der Waals surface area (Å²) in [5.74, 6) is -0.624. The second-order valence-electron chi connectivity index (χ2n) is 9.79. The normalized spacial score (nSPS) is 23.1. The summed E-state index contributed by atoms with van der Waals surface area (Å²) in [4.78, 5) is 27.3. The number of Topliss-reactive ketones (excluding diaryl/α,β-unsaturated/α-hetero) is 1. The minimum absolute atomic E-state index is 0.0496. The average Bonchev–Trinajstić information content (AvgIpc) is 2.84. The average molecular weight is 555 g/mol. The lowest BCUT2D eigenvalue weighted by Crippen LogP contribution is -2.37. The molecule has 6 heteroatoms. The zero-order valence-corrected chi connectivity index (χ0v) is 22.1. The van der Waals surface area contributed by atoms with Crippen LogP contribution in [-0.4, -0.2) is 17.9 Å². The van der Waals surface area contributed by atoms with Gasteiger partial charge in [0.05, 0.1) is 5.57 Å². The third-order valence-corrected chi connectivity index (χ3v) is 8.14. The van der Waals surface area contributed by atoms with Crippen molar-refractivity contribution in [3.63, 3.8) is 0 Å². The molecule has 1 aliphatic heterocycles. The smallest absolute Gasteiger partial charge is 0.337 e. The fourth-order valence-corrected chi connectivity index (χ4v) is 6.24. The minimum Gasteiger partial charge on any atom is -0.459 e. The molecule has 2 atom stereocenters. The van der Waals surface area contributed by atoms with E-state index in [9.17, 15) is 9.59 Å². The number of rotatable bonds is 4. The third-order valence-electron chi connectivity index (χ3n) is 7.40. The largest absolute Gasteiger partial charge is 0.459 e. The summed E-state index contributed by atoms with van der Waals surface area (Å²) in [7, 11) is 0. The van der Waals surface area contributed by atoms with Crippen molar-refractivity contribution in [1.29, 1.82) is 0 Å². The van der Waals surface area contributed by atoms with Gasteiger partial charge in [-0.05, 0) is 80.3 Å². The number of carbonyl (C=O) groups is 2. The van der Waals surface area contributed by atoms with E-state index in [-0.39, 0.29) is 23.8 Å². The van der Waals surface area contributed by atoms with Gasteiger partial charge in [-0.2, -0.15) is 0 Å². The second-order valence-corrected chi connectivity index (χ2v) is 11.1. The van der Waals surface area contributed by atoms with Gasteiger partial charge in [-0.25, -0.2) is 4.79 Å². The quantitative estimate of drug-likeness (QED) is 0.402. The lowest BCUT2D eigenvalue weighted by atomic mass is 9.71. The number of hydrogen-bond donors (Lipinski definition) is 1. The van der Waals surface area contributed by atoms with Gasteiger partial charge in [0.2, 0.25) is 0 Å². The van der Waals surface area contributed by atoms with Crippen LogP contribution in [0.4, 0.5) is 0 Å². The summed E-state index contributed by atoms with van der Waals surface area (Å²) in [6, 6.07) is 15.6. The van der Waals surface area contributed by atoms with E-state index < -0.39 is 5.92 Å². The summed E-state index contributed by atoms with van der Waals surface area (Å²) in [5, 5.41) is 4.12. The van der Waals surface area contributed by atoms with Crippen LogP contribution in [0.1, 0.15) is 74.8 Å². The number of esters is 1. The van der Waals surface area contributed by atoms with E-state index in [1.54, 1.807) is 0 Å². The minimum atomic E-state index is -0.446. The Balaban J connectivity index is 1.52. The van der Waals surface area contributed by atoms with E-state index in [1.807, 2.05) is 55.5 Å². The van der Waals surface area contributed by atoms with Crippen LogP contribution in [0.3, 0.4) is 0 Å². The number of hydrogen-bond acceptors (Lipinski definition) is 4. The molecular formula is C29H29BrClNO3. The molecule has 1 fully saturated rings. The number of benzene rings is 2. The van der Waals surface area contributed by atoms with E-state index in [4.69, 9.17) is 16.3 Å². The third kappa shape index (κ3) is 5.12. The highest BCUT2D eigenvalue weighted by molar-refractivity contribution is 9.10. The number of halogens is 2. The lowest BCUT2D eigenvalue weighted by Gasteiger charge is -2.37. The maximum atomic E-state index is 13.7. The van der Waals surface area contributed by atoms with Crippen molar-refractivity contribution in [3.05, 3.63) is 91.7 Å². The highest BCUT2D eigenvalue weighted by Crippen LogP contribution is 2.46. The van der Waals surface area contributed by atoms with E-state index in [2.05, 4.69) is 21.2 Å². The summed E-state index contributed by atoms with van der Waals surface area (Å²) in [6.45, 7) is 1.92. The first-order valence-electron chi connectivity index (χ1n) is 12.4. The maximum absolute atomic E-state index is 13.7. The van der Waals surface area contributed by atoms with Gasteiger partial charge in [-0.3, -0.25) is 4.79 Å². The van der Waals surface area contributed by atoms with E-state index >= 15 is 0 Å². The van der Waals surface area contributed by atoms with Crippen LogP contribution in [0, 0.1) is 0 Å².